The van der Waals surface area contributed by atoms with E-state index in [0.29, 0.717) is 12.1 Å². The molecule has 0 amide bonds. The van der Waals surface area contributed by atoms with Crippen molar-refractivity contribution in [3.05, 3.63) is 35.4 Å². The summed E-state index contributed by atoms with van der Waals surface area (Å²) in [7, 11) is 3.66. The second kappa shape index (κ2) is 5.48. The summed E-state index contributed by atoms with van der Waals surface area (Å²) in [5.41, 5.74) is 2.39. The second-order valence-corrected chi connectivity index (χ2v) is 4.10. The minimum atomic E-state index is -4.33. The number of nitrogens with zero attached hydrogens (tertiary/aromatic N) is 1. The predicted molar refractivity (Wildman–Crippen MR) is 60.1 cm³/mol. The van der Waals surface area contributed by atoms with Crippen molar-refractivity contribution in [3.63, 3.8) is 0 Å². The maximum absolute atomic E-state index is 12.5. The van der Waals surface area contributed by atoms with Gasteiger partial charge in [-0.2, -0.15) is 13.2 Å². The van der Waals surface area contributed by atoms with E-state index in [2.05, 4.69) is 5.43 Å². The van der Waals surface area contributed by atoms with Crippen molar-refractivity contribution in [2.24, 2.45) is 5.84 Å². The molecule has 17 heavy (non-hydrogen) atoms. The van der Waals surface area contributed by atoms with Crippen LogP contribution in [-0.2, 0) is 6.18 Å². The Labute approximate surface area is 98.4 Å². The van der Waals surface area contributed by atoms with Crippen molar-refractivity contribution in [2.45, 2.75) is 12.2 Å². The van der Waals surface area contributed by atoms with Crippen LogP contribution in [0.15, 0.2) is 24.3 Å². The molecule has 1 aromatic rings. The minimum Gasteiger partial charge on any atom is -0.307 e. The topological polar surface area (TPSA) is 41.3 Å². The van der Waals surface area contributed by atoms with Gasteiger partial charge in [0.15, 0.2) is 0 Å². The zero-order valence-electron chi connectivity index (χ0n) is 9.75. The zero-order valence-corrected chi connectivity index (χ0v) is 9.75. The van der Waals surface area contributed by atoms with E-state index in [0.717, 1.165) is 12.1 Å². The highest BCUT2D eigenvalue weighted by molar-refractivity contribution is 5.28. The number of likely N-dealkylation sites (N-methyl/N-ethyl adjacent to an activating group) is 1. The molecule has 0 radical (unpaired) electrons. The van der Waals surface area contributed by atoms with Crippen LogP contribution in [0.2, 0.25) is 0 Å². The summed E-state index contributed by atoms with van der Waals surface area (Å²) < 4.78 is 37.6. The number of nitrogens with two attached hydrogens (primary N) is 1. The molecule has 0 saturated heterocycles. The molecule has 0 heterocycles. The van der Waals surface area contributed by atoms with Gasteiger partial charge in [-0.15, -0.1) is 0 Å². The second-order valence-electron chi connectivity index (χ2n) is 4.10. The Morgan fingerprint density at radius 2 is 2.00 bits per heavy atom. The Bertz CT molecular complexity index is 363. The summed E-state index contributed by atoms with van der Waals surface area (Å²) in [4.78, 5) is 1.85. The quantitative estimate of drug-likeness (QED) is 0.629. The third-order valence-electron chi connectivity index (χ3n) is 2.37. The Hall–Kier alpha value is -1.11. The number of nitrogens with one attached hydrogen (secondary N) is 1. The molecule has 3 nitrogen and oxygen atoms in total. The Kier molecular flexibility index (Phi) is 4.50. The molecule has 0 aliphatic carbocycles. The summed E-state index contributed by atoms with van der Waals surface area (Å²) in [6.07, 6.45) is -4.33. The van der Waals surface area contributed by atoms with Crippen molar-refractivity contribution in [2.75, 3.05) is 20.6 Å². The van der Waals surface area contributed by atoms with Gasteiger partial charge in [-0.05, 0) is 31.8 Å². The van der Waals surface area contributed by atoms with Crippen molar-refractivity contribution < 1.29 is 13.2 Å². The molecule has 0 aliphatic rings. The first kappa shape index (κ1) is 14.0. The van der Waals surface area contributed by atoms with Crippen molar-refractivity contribution in [3.8, 4) is 0 Å². The Morgan fingerprint density at radius 3 is 2.47 bits per heavy atom. The molecule has 0 saturated carbocycles. The monoisotopic (exact) mass is 247 g/mol. The van der Waals surface area contributed by atoms with E-state index in [1.165, 1.54) is 6.07 Å². The summed E-state index contributed by atoms with van der Waals surface area (Å²) in [6, 6.07) is 4.86. The molecular weight excluding hydrogens is 231 g/mol. The van der Waals surface area contributed by atoms with Crippen LogP contribution >= 0.6 is 0 Å². The lowest BCUT2D eigenvalue weighted by Crippen LogP contribution is -2.35. The standard InChI is InChI=1S/C11H16F3N3/c1-17(2)7-10(16-15)8-4-3-5-9(6-8)11(12,13)14/h3-6,10,16H,7,15H2,1-2H3. The first-order valence-electron chi connectivity index (χ1n) is 5.12. The largest absolute Gasteiger partial charge is 0.416 e. The van der Waals surface area contributed by atoms with E-state index in [-0.39, 0.29) is 6.04 Å². The molecule has 0 aromatic heterocycles. The van der Waals surface area contributed by atoms with Crippen molar-refractivity contribution in [1.82, 2.24) is 10.3 Å². The van der Waals surface area contributed by atoms with Crippen LogP contribution < -0.4 is 11.3 Å². The number of hydrogen-bond acceptors (Lipinski definition) is 3. The normalized spacial score (nSPS) is 14.1. The van der Waals surface area contributed by atoms with E-state index < -0.39 is 11.7 Å². The highest BCUT2D eigenvalue weighted by atomic mass is 19.4. The molecule has 6 heteroatoms. The average Bonchev–Trinajstić information content (AvgIpc) is 2.24. The molecule has 1 unspecified atom stereocenters. The van der Waals surface area contributed by atoms with Crippen LogP contribution in [0.25, 0.3) is 0 Å². The van der Waals surface area contributed by atoms with Gasteiger partial charge in [0.1, 0.15) is 0 Å². The van der Waals surface area contributed by atoms with Crippen LogP contribution in [0, 0.1) is 0 Å². The van der Waals surface area contributed by atoms with Gasteiger partial charge in [-0.25, -0.2) is 0 Å². The van der Waals surface area contributed by atoms with Crippen LogP contribution in [0.1, 0.15) is 17.2 Å². The number of hydrazine groups is 1. The first-order valence-corrected chi connectivity index (χ1v) is 5.12. The third-order valence-corrected chi connectivity index (χ3v) is 2.37. The van der Waals surface area contributed by atoms with Crippen molar-refractivity contribution in [1.29, 1.82) is 0 Å². The maximum atomic E-state index is 12.5. The fraction of sp³-hybridized carbons (Fsp3) is 0.455. The molecule has 0 bridgehead atoms. The van der Waals surface area contributed by atoms with E-state index in [4.69, 9.17) is 5.84 Å². The molecule has 3 N–H and O–H groups in total. The smallest absolute Gasteiger partial charge is 0.307 e. The van der Waals surface area contributed by atoms with Crippen LogP contribution in [-0.4, -0.2) is 25.5 Å². The lowest BCUT2D eigenvalue weighted by Gasteiger charge is -2.21. The number of hydrogen-bond donors (Lipinski definition) is 2. The van der Waals surface area contributed by atoms with Gasteiger partial charge < -0.3 is 4.90 Å². The molecule has 96 valence electrons. The Morgan fingerprint density at radius 1 is 1.35 bits per heavy atom. The highest BCUT2D eigenvalue weighted by Gasteiger charge is 2.30. The Balaban J connectivity index is 2.97. The zero-order chi connectivity index (χ0) is 13.1. The first-order chi connectivity index (χ1) is 7.84. The molecule has 1 atom stereocenters. The van der Waals surface area contributed by atoms with E-state index in [9.17, 15) is 13.2 Å². The summed E-state index contributed by atoms with van der Waals surface area (Å²) in [5, 5.41) is 0. The molecular formula is C11H16F3N3. The maximum Gasteiger partial charge on any atom is 0.416 e. The number of benzene rings is 1. The van der Waals surface area contributed by atoms with Gasteiger partial charge in [-0.1, -0.05) is 12.1 Å². The molecule has 0 fully saturated rings. The molecule has 0 spiro atoms. The van der Waals surface area contributed by atoms with E-state index in [1.807, 2.05) is 19.0 Å². The number of halogens is 3. The number of rotatable bonds is 4. The lowest BCUT2D eigenvalue weighted by atomic mass is 10.0. The lowest BCUT2D eigenvalue weighted by molar-refractivity contribution is -0.137. The summed E-state index contributed by atoms with van der Waals surface area (Å²) in [6.45, 7) is 0.526. The summed E-state index contributed by atoms with van der Waals surface area (Å²) >= 11 is 0. The van der Waals surface area contributed by atoms with Gasteiger partial charge in [0.05, 0.1) is 11.6 Å². The van der Waals surface area contributed by atoms with Crippen molar-refractivity contribution >= 4 is 0 Å². The highest BCUT2D eigenvalue weighted by Crippen LogP contribution is 2.30. The van der Waals surface area contributed by atoms with Crippen LogP contribution in [0.5, 0.6) is 0 Å². The van der Waals surface area contributed by atoms with Gasteiger partial charge >= 0.3 is 6.18 Å². The third kappa shape index (κ3) is 3.99. The average molecular weight is 247 g/mol. The van der Waals surface area contributed by atoms with Gasteiger partial charge in [0.25, 0.3) is 0 Å². The van der Waals surface area contributed by atoms with E-state index in [1.54, 1.807) is 6.07 Å². The van der Waals surface area contributed by atoms with Crippen LogP contribution in [0.4, 0.5) is 13.2 Å². The molecule has 1 aromatic carbocycles. The minimum absolute atomic E-state index is 0.327. The number of alkyl halides is 3. The molecule has 0 aliphatic heterocycles. The fourth-order valence-electron chi connectivity index (χ4n) is 1.55. The van der Waals surface area contributed by atoms with Gasteiger partial charge in [-0.3, -0.25) is 11.3 Å². The van der Waals surface area contributed by atoms with E-state index >= 15 is 0 Å². The van der Waals surface area contributed by atoms with Crippen LogP contribution in [0.3, 0.4) is 0 Å². The van der Waals surface area contributed by atoms with Gasteiger partial charge in [0, 0.05) is 6.54 Å². The predicted octanol–water partition coefficient (Wildman–Crippen LogP) is 1.77. The SMILES string of the molecule is CN(C)CC(NN)c1cccc(C(F)(F)F)c1. The molecule has 1 rings (SSSR count). The fourth-order valence-corrected chi connectivity index (χ4v) is 1.55. The van der Waals surface area contributed by atoms with Gasteiger partial charge in [0.2, 0.25) is 0 Å². The summed E-state index contributed by atoms with van der Waals surface area (Å²) in [5.74, 6) is 5.35.